The standard InChI is InChI=1S/C52H36N4Si/c1-4-18-38(19-5-1)57(39-20-6-2-7-21-39,40-22-8-3-9-23-40)41-34-32-37(33-35-41)46-36-51(55-47-28-14-10-24-42(47)43-25-11-15-29-48(43)55)54-52(53-46)56-49-30-16-12-26-44(49)45-27-13-17-31-50(45)56/h1-36H. The fourth-order valence-electron chi connectivity index (χ4n) is 9.05. The number of hydrogen-bond donors (Lipinski definition) is 0. The summed E-state index contributed by atoms with van der Waals surface area (Å²) in [4.78, 5) is 10.9. The van der Waals surface area contributed by atoms with Gasteiger partial charge in [0, 0.05) is 33.2 Å². The lowest BCUT2D eigenvalue weighted by Crippen LogP contribution is -2.74. The Kier molecular flexibility index (Phi) is 7.79. The van der Waals surface area contributed by atoms with Crippen molar-refractivity contribution in [3.8, 4) is 23.0 Å². The summed E-state index contributed by atoms with van der Waals surface area (Å²) in [5.74, 6) is 1.45. The van der Waals surface area contributed by atoms with E-state index in [4.69, 9.17) is 9.97 Å². The van der Waals surface area contributed by atoms with Crippen molar-refractivity contribution in [2.75, 3.05) is 0 Å². The van der Waals surface area contributed by atoms with Gasteiger partial charge in [-0.05, 0) is 45.0 Å². The maximum absolute atomic E-state index is 5.44. The molecule has 3 aromatic heterocycles. The normalized spacial score (nSPS) is 11.9. The molecule has 0 aliphatic carbocycles. The monoisotopic (exact) mass is 744 g/mol. The van der Waals surface area contributed by atoms with Crippen LogP contribution < -0.4 is 20.7 Å². The van der Waals surface area contributed by atoms with E-state index in [1.165, 1.54) is 42.3 Å². The molecule has 8 aromatic carbocycles. The highest BCUT2D eigenvalue weighted by Crippen LogP contribution is 2.35. The first-order chi connectivity index (χ1) is 28.3. The smallest absolute Gasteiger partial charge is 0.237 e. The number of nitrogens with zero attached hydrogens (tertiary/aromatic N) is 4. The molecule has 57 heavy (non-hydrogen) atoms. The number of rotatable bonds is 7. The lowest BCUT2D eigenvalue weighted by molar-refractivity contribution is 0.952. The zero-order valence-electron chi connectivity index (χ0n) is 31.1. The molecule has 3 heterocycles. The highest BCUT2D eigenvalue weighted by atomic mass is 28.3. The largest absolute Gasteiger partial charge is 0.294 e. The van der Waals surface area contributed by atoms with E-state index >= 15 is 0 Å². The summed E-state index contributed by atoms with van der Waals surface area (Å²) in [5, 5.41) is 10.1. The van der Waals surface area contributed by atoms with Crippen molar-refractivity contribution in [3.05, 3.63) is 218 Å². The lowest BCUT2D eigenvalue weighted by Gasteiger charge is -2.34. The summed E-state index contributed by atoms with van der Waals surface area (Å²) in [6.07, 6.45) is 0. The molecule has 0 bridgehead atoms. The van der Waals surface area contributed by atoms with Crippen LogP contribution in [0.2, 0.25) is 0 Å². The fourth-order valence-corrected chi connectivity index (χ4v) is 13.8. The summed E-state index contributed by atoms with van der Waals surface area (Å²) < 4.78 is 4.51. The summed E-state index contributed by atoms with van der Waals surface area (Å²) in [6.45, 7) is 0. The van der Waals surface area contributed by atoms with Crippen LogP contribution in [0.1, 0.15) is 0 Å². The van der Waals surface area contributed by atoms with Gasteiger partial charge < -0.3 is 0 Å². The highest BCUT2D eigenvalue weighted by Gasteiger charge is 2.41. The maximum Gasteiger partial charge on any atom is 0.237 e. The second-order valence-corrected chi connectivity index (χ2v) is 18.4. The Morgan fingerprint density at radius 1 is 0.316 bits per heavy atom. The van der Waals surface area contributed by atoms with Gasteiger partial charge in [0.05, 0.1) is 27.8 Å². The molecule has 0 fully saturated rings. The molecule has 0 N–H and O–H groups in total. The SMILES string of the molecule is c1ccc([Si](c2ccccc2)(c2ccccc2)c2ccc(-c3cc(-n4c5ccccc5c5ccccc54)nc(-n4c5ccccc5c5ccccc54)n3)cc2)cc1. The van der Waals surface area contributed by atoms with Gasteiger partial charge in [0.1, 0.15) is 5.82 Å². The quantitative estimate of drug-likeness (QED) is 0.120. The number of benzene rings is 8. The van der Waals surface area contributed by atoms with Crippen LogP contribution in [0.25, 0.3) is 66.6 Å². The minimum absolute atomic E-state index is 0.632. The van der Waals surface area contributed by atoms with Crippen molar-refractivity contribution in [3.63, 3.8) is 0 Å². The van der Waals surface area contributed by atoms with E-state index in [0.717, 1.165) is 39.1 Å². The zero-order valence-corrected chi connectivity index (χ0v) is 32.1. The van der Waals surface area contributed by atoms with Gasteiger partial charge in [-0.2, -0.15) is 4.98 Å². The van der Waals surface area contributed by atoms with Gasteiger partial charge in [-0.3, -0.25) is 9.13 Å². The van der Waals surface area contributed by atoms with E-state index in [9.17, 15) is 0 Å². The molecule has 5 heteroatoms. The summed E-state index contributed by atoms with van der Waals surface area (Å²) in [7, 11) is -2.70. The van der Waals surface area contributed by atoms with E-state index in [-0.39, 0.29) is 0 Å². The molecule has 0 unspecified atom stereocenters. The minimum atomic E-state index is -2.70. The van der Waals surface area contributed by atoms with Crippen LogP contribution in [0, 0.1) is 0 Å². The van der Waals surface area contributed by atoms with Crippen molar-refractivity contribution >= 4 is 72.4 Å². The third-order valence-corrected chi connectivity index (χ3v) is 16.3. The number of hydrogen-bond acceptors (Lipinski definition) is 2. The first kappa shape index (κ1) is 33.0. The second kappa shape index (κ2) is 13.4. The Labute approximate surface area is 331 Å². The molecule has 0 saturated carbocycles. The van der Waals surface area contributed by atoms with Crippen LogP contribution in [-0.4, -0.2) is 27.2 Å². The first-order valence-electron chi connectivity index (χ1n) is 19.4. The minimum Gasteiger partial charge on any atom is -0.294 e. The van der Waals surface area contributed by atoms with Crippen LogP contribution >= 0.6 is 0 Å². The van der Waals surface area contributed by atoms with Crippen LogP contribution in [0.4, 0.5) is 0 Å². The molecule has 11 aromatic rings. The Balaban J connectivity index is 1.17. The van der Waals surface area contributed by atoms with E-state index in [1.807, 2.05) is 0 Å². The molecule has 0 atom stereocenters. The molecule has 0 radical (unpaired) electrons. The van der Waals surface area contributed by atoms with Gasteiger partial charge in [0.15, 0.2) is 8.07 Å². The number of aromatic nitrogens is 4. The van der Waals surface area contributed by atoms with Crippen LogP contribution in [0.15, 0.2) is 218 Å². The van der Waals surface area contributed by atoms with Crippen molar-refractivity contribution in [2.45, 2.75) is 0 Å². The first-order valence-corrected chi connectivity index (χ1v) is 21.4. The van der Waals surface area contributed by atoms with Gasteiger partial charge in [0.2, 0.25) is 5.95 Å². The average Bonchev–Trinajstić information content (AvgIpc) is 3.81. The summed E-state index contributed by atoms with van der Waals surface area (Å²) in [6, 6.07) is 78.9. The Morgan fingerprint density at radius 2 is 0.667 bits per heavy atom. The Morgan fingerprint density at radius 3 is 1.09 bits per heavy atom. The van der Waals surface area contributed by atoms with Gasteiger partial charge in [0.25, 0.3) is 0 Å². The van der Waals surface area contributed by atoms with Gasteiger partial charge >= 0.3 is 0 Å². The molecule has 268 valence electrons. The van der Waals surface area contributed by atoms with E-state index < -0.39 is 8.07 Å². The molecular weight excluding hydrogens is 709 g/mol. The van der Waals surface area contributed by atoms with Crippen LogP contribution in [-0.2, 0) is 0 Å². The lowest BCUT2D eigenvalue weighted by atomic mass is 10.1. The Bertz CT molecular complexity index is 2890. The van der Waals surface area contributed by atoms with Crippen LogP contribution in [0.5, 0.6) is 0 Å². The molecule has 4 nitrogen and oxygen atoms in total. The highest BCUT2D eigenvalue weighted by molar-refractivity contribution is 7.19. The molecular formula is C52H36N4Si. The Hall–Kier alpha value is -7.34. The molecule has 0 amide bonds. The molecule has 0 saturated heterocycles. The fraction of sp³-hybridized carbons (Fsp3) is 0. The summed E-state index contributed by atoms with van der Waals surface area (Å²) >= 11 is 0. The van der Waals surface area contributed by atoms with Crippen molar-refractivity contribution in [1.82, 2.24) is 19.1 Å². The van der Waals surface area contributed by atoms with Crippen molar-refractivity contribution in [1.29, 1.82) is 0 Å². The molecule has 0 spiro atoms. The third kappa shape index (κ3) is 5.20. The third-order valence-electron chi connectivity index (χ3n) is 11.5. The van der Waals surface area contributed by atoms with Crippen molar-refractivity contribution in [2.24, 2.45) is 0 Å². The average molecular weight is 745 g/mol. The second-order valence-electron chi connectivity index (χ2n) is 14.6. The van der Waals surface area contributed by atoms with Gasteiger partial charge in [-0.15, -0.1) is 0 Å². The van der Waals surface area contributed by atoms with Crippen molar-refractivity contribution < 1.29 is 0 Å². The number of para-hydroxylation sites is 4. The number of fused-ring (bicyclic) bond motifs is 6. The van der Waals surface area contributed by atoms with Gasteiger partial charge in [-0.25, -0.2) is 4.98 Å². The molecule has 11 rings (SSSR count). The zero-order chi connectivity index (χ0) is 37.8. The van der Waals surface area contributed by atoms with E-state index in [1.54, 1.807) is 0 Å². The van der Waals surface area contributed by atoms with E-state index in [0.29, 0.717) is 5.95 Å². The molecule has 0 aliphatic heterocycles. The summed E-state index contributed by atoms with van der Waals surface area (Å²) in [5.41, 5.74) is 6.25. The van der Waals surface area contributed by atoms with E-state index in [2.05, 4.69) is 228 Å². The predicted octanol–water partition coefficient (Wildman–Crippen LogP) is 9.72. The molecule has 0 aliphatic rings. The maximum atomic E-state index is 5.44. The van der Waals surface area contributed by atoms with Gasteiger partial charge in [-0.1, -0.05) is 188 Å². The topological polar surface area (TPSA) is 35.6 Å². The van der Waals surface area contributed by atoms with Crippen LogP contribution in [0.3, 0.4) is 0 Å². The predicted molar refractivity (Wildman–Crippen MR) is 240 cm³/mol.